The first-order chi connectivity index (χ1) is 10.8. The lowest BCUT2D eigenvalue weighted by molar-refractivity contribution is 0.102. The van der Waals surface area contributed by atoms with Gasteiger partial charge in [-0.25, -0.2) is 12.8 Å². The Kier molecular flexibility index (Phi) is 4.85. The van der Waals surface area contributed by atoms with E-state index >= 15 is 0 Å². The number of rotatable bonds is 5. The molecule has 0 aromatic heterocycles. The van der Waals surface area contributed by atoms with Crippen LogP contribution in [-0.2, 0) is 10.0 Å². The minimum atomic E-state index is -3.50. The van der Waals surface area contributed by atoms with E-state index < -0.39 is 21.7 Å². The van der Waals surface area contributed by atoms with E-state index in [1.807, 2.05) is 0 Å². The van der Waals surface area contributed by atoms with Crippen molar-refractivity contribution in [3.05, 3.63) is 53.8 Å². The van der Waals surface area contributed by atoms with Gasteiger partial charge < -0.3 is 10.1 Å². The lowest BCUT2D eigenvalue weighted by Gasteiger charge is -2.12. The van der Waals surface area contributed by atoms with E-state index in [0.29, 0.717) is 11.4 Å². The number of sulfonamides is 1. The van der Waals surface area contributed by atoms with Gasteiger partial charge in [-0.3, -0.25) is 9.52 Å². The lowest BCUT2D eigenvalue weighted by Crippen LogP contribution is -2.13. The number of ether oxygens (including phenoxy) is 1. The van der Waals surface area contributed by atoms with Crippen LogP contribution in [0.3, 0.4) is 0 Å². The predicted octanol–water partition coefficient (Wildman–Crippen LogP) is 2.46. The molecular formula is C15H15FN2O4S. The molecule has 2 aromatic rings. The number of hydrogen-bond donors (Lipinski definition) is 2. The zero-order chi connectivity index (χ0) is 17.0. The van der Waals surface area contributed by atoms with Gasteiger partial charge in [-0.15, -0.1) is 0 Å². The molecule has 0 spiro atoms. The van der Waals surface area contributed by atoms with Gasteiger partial charge in [0.25, 0.3) is 5.91 Å². The van der Waals surface area contributed by atoms with E-state index in [0.717, 1.165) is 6.26 Å². The van der Waals surface area contributed by atoms with Crippen LogP contribution in [0.2, 0.25) is 0 Å². The molecule has 0 fully saturated rings. The van der Waals surface area contributed by atoms with E-state index in [1.54, 1.807) is 6.07 Å². The normalized spacial score (nSPS) is 10.9. The molecule has 0 atom stereocenters. The van der Waals surface area contributed by atoms with Gasteiger partial charge in [0.2, 0.25) is 10.0 Å². The van der Waals surface area contributed by atoms with Gasteiger partial charge in [0.05, 0.1) is 19.1 Å². The summed E-state index contributed by atoms with van der Waals surface area (Å²) in [5, 5.41) is 2.60. The number of anilines is 2. The summed E-state index contributed by atoms with van der Waals surface area (Å²) < 4.78 is 43.0. The van der Waals surface area contributed by atoms with Crippen LogP contribution in [-0.4, -0.2) is 27.7 Å². The Hall–Kier alpha value is -2.61. The van der Waals surface area contributed by atoms with Gasteiger partial charge in [0.1, 0.15) is 11.6 Å². The van der Waals surface area contributed by atoms with E-state index in [2.05, 4.69) is 10.0 Å². The zero-order valence-corrected chi connectivity index (χ0v) is 13.3. The first-order valence-electron chi connectivity index (χ1n) is 6.51. The Balaban J connectivity index is 2.24. The average Bonchev–Trinajstić information content (AvgIpc) is 2.46. The molecule has 0 bridgehead atoms. The molecular weight excluding hydrogens is 323 g/mol. The minimum absolute atomic E-state index is 0.201. The number of methoxy groups -OCH3 is 1. The first kappa shape index (κ1) is 16.8. The van der Waals surface area contributed by atoms with Crippen molar-refractivity contribution in [1.29, 1.82) is 0 Å². The van der Waals surface area contributed by atoms with Crippen molar-refractivity contribution in [3.8, 4) is 5.75 Å². The molecule has 0 aliphatic carbocycles. The van der Waals surface area contributed by atoms with Gasteiger partial charge in [0.15, 0.2) is 0 Å². The highest BCUT2D eigenvalue weighted by Gasteiger charge is 2.11. The maximum atomic E-state index is 12.9. The minimum Gasteiger partial charge on any atom is -0.495 e. The van der Waals surface area contributed by atoms with Gasteiger partial charge >= 0.3 is 0 Å². The van der Waals surface area contributed by atoms with Crippen molar-refractivity contribution in [1.82, 2.24) is 0 Å². The monoisotopic (exact) mass is 338 g/mol. The Morgan fingerprint density at radius 3 is 2.35 bits per heavy atom. The summed E-state index contributed by atoms with van der Waals surface area (Å²) in [6.07, 6.45) is 1.01. The van der Waals surface area contributed by atoms with Crippen LogP contribution >= 0.6 is 0 Å². The van der Waals surface area contributed by atoms with Crippen molar-refractivity contribution < 1.29 is 22.3 Å². The van der Waals surface area contributed by atoms with Gasteiger partial charge in [-0.05, 0) is 42.5 Å². The van der Waals surface area contributed by atoms with Gasteiger partial charge in [-0.2, -0.15) is 0 Å². The van der Waals surface area contributed by atoms with Crippen LogP contribution in [0.15, 0.2) is 42.5 Å². The van der Waals surface area contributed by atoms with Crippen LogP contribution in [0.4, 0.5) is 15.8 Å². The van der Waals surface area contributed by atoms with Crippen LogP contribution < -0.4 is 14.8 Å². The quantitative estimate of drug-likeness (QED) is 0.877. The number of carbonyl (C=O) groups is 1. The number of benzene rings is 2. The van der Waals surface area contributed by atoms with Crippen LogP contribution in [0.5, 0.6) is 5.75 Å². The molecule has 2 rings (SSSR count). The second-order valence-corrected chi connectivity index (χ2v) is 6.50. The fourth-order valence-electron chi connectivity index (χ4n) is 1.87. The predicted molar refractivity (Wildman–Crippen MR) is 85.8 cm³/mol. The molecule has 0 unspecified atom stereocenters. The highest BCUT2D eigenvalue weighted by atomic mass is 32.2. The molecule has 0 saturated carbocycles. The largest absolute Gasteiger partial charge is 0.495 e. The highest BCUT2D eigenvalue weighted by Crippen LogP contribution is 2.28. The Morgan fingerprint density at radius 1 is 1.13 bits per heavy atom. The summed E-state index contributed by atoms with van der Waals surface area (Å²) in [4.78, 5) is 12.1. The third kappa shape index (κ3) is 4.68. The van der Waals surface area contributed by atoms with Crippen LogP contribution in [0, 0.1) is 5.82 Å². The molecule has 0 aliphatic heterocycles. The second-order valence-electron chi connectivity index (χ2n) is 4.75. The number of amides is 1. The molecule has 8 heteroatoms. The molecule has 1 amide bonds. The van der Waals surface area contributed by atoms with Gasteiger partial charge in [-0.1, -0.05) is 0 Å². The summed E-state index contributed by atoms with van der Waals surface area (Å²) in [7, 11) is -2.09. The third-order valence-corrected chi connectivity index (χ3v) is 3.45. The molecule has 0 saturated heterocycles. The maximum Gasteiger partial charge on any atom is 0.255 e. The molecule has 6 nitrogen and oxygen atoms in total. The summed E-state index contributed by atoms with van der Waals surface area (Å²) in [5.41, 5.74) is 0.845. The number of hydrogen-bond acceptors (Lipinski definition) is 4. The smallest absolute Gasteiger partial charge is 0.255 e. The van der Waals surface area contributed by atoms with Crippen molar-refractivity contribution in [3.63, 3.8) is 0 Å². The zero-order valence-electron chi connectivity index (χ0n) is 12.5. The Morgan fingerprint density at radius 2 is 1.78 bits per heavy atom. The van der Waals surface area contributed by atoms with Crippen molar-refractivity contribution in [2.75, 3.05) is 23.4 Å². The molecule has 0 heterocycles. The molecule has 122 valence electrons. The SMILES string of the molecule is COc1ccc(NC(=O)c2ccc(F)cc2)cc1NS(C)(=O)=O. The van der Waals surface area contributed by atoms with E-state index in [9.17, 15) is 17.6 Å². The fraction of sp³-hybridized carbons (Fsp3) is 0.133. The summed E-state index contributed by atoms with van der Waals surface area (Å²) in [6, 6.07) is 9.58. The molecule has 2 N–H and O–H groups in total. The standard InChI is InChI=1S/C15H15FN2O4S/c1-22-14-8-7-12(9-13(14)18-23(2,20)21)17-15(19)10-3-5-11(16)6-4-10/h3-9,18H,1-2H3,(H,17,19). The highest BCUT2D eigenvalue weighted by molar-refractivity contribution is 7.92. The molecule has 0 aliphatic rings. The van der Waals surface area contributed by atoms with Crippen molar-refractivity contribution in [2.24, 2.45) is 0 Å². The van der Waals surface area contributed by atoms with Gasteiger partial charge in [0, 0.05) is 11.3 Å². The fourth-order valence-corrected chi connectivity index (χ4v) is 2.43. The number of nitrogens with one attached hydrogen (secondary N) is 2. The van der Waals surface area contributed by atoms with Crippen molar-refractivity contribution in [2.45, 2.75) is 0 Å². The average molecular weight is 338 g/mol. The van der Waals surface area contributed by atoms with E-state index in [1.165, 1.54) is 43.5 Å². The molecule has 23 heavy (non-hydrogen) atoms. The Bertz CT molecular complexity index is 820. The number of carbonyl (C=O) groups excluding carboxylic acids is 1. The summed E-state index contributed by atoms with van der Waals surface area (Å²) in [6.45, 7) is 0. The van der Waals surface area contributed by atoms with E-state index in [-0.39, 0.29) is 11.3 Å². The second kappa shape index (κ2) is 6.66. The Labute approximate surface area is 133 Å². The van der Waals surface area contributed by atoms with Crippen molar-refractivity contribution >= 4 is 27.3 Å². The van der Waals surface area contributed by atoms with E-state index in [4.69, 9.17) is 4.74 Å². The maximum absolute atomic E-state index is 12.9. The number of halogens is 1. The van der Waals surface area contributed by atoms with Crippen LogP contribution in [0.1, 0.15) is 10.4 Å². The molecule has 2 aromatic carbocycles. The lowest BCUT2D eigenvalue weighted by atomic mass is 10.2. The first-order valence-corrected chi connectivity index (χ1v) is 8.40. The summed E-state index contributed by atoms with van der Waals surface area (Å²) >= 11 is 0. The van der Waals surface area contributed by atoms with Crippen LogP contribution in [0.25, 0.3) is 0 Å². The third-order valence-electron chi connectivity index (χ3n) is 2.86. The molecule has 0 radical (unpaired) electrons. The topological polar surface area (TPSA) is 84.5 Å². The summed E-state index contributed by atoms with van der Waals surface area (Å²) in [5.74, 6) is -0.568.